The van der Waals surface area contributed by atoms with E-state index in [1.165, 1.54) is 0 Å². The van der Waals surface area contributed by atoms with Crippen molar-refractivity contribution in [1.82, 2.24) is 15.1 Å². The predicted molar refractivity (Wildman–Crippen MR) is 84.9 cm³/mol. The van der Waals surface area contributed by atoms with Gasteiger partial charge in [0.2, 0.25) is 5.91 Å². The average Bonchev–Trinajstić information content (AvgIpc) is 2.98. The summed E-state index contributed by atoms with van der Waals surface area (Å²) in [7, 11) is 0. The van der Waals surface area contributed by atoms with Gasteiger partial charge in [-0.2, -0.15) is 0 Å². The van der Waals surface area contributed by atoms with E-state index in [-0.39, 0.29) is 36.2 Å². The fourth-order valence-corrected chi connectivity index (χ4v) is 3.28. The summed E-state index contributed by atoms with van der Waals surface area (Å²) < 4.78 is 5.46. The average molecular weight is 332 g/mol. The molecular formula is C15H26ClN3O3. The third-order valence-corrected chi connectivity index (χ3v) is 5.02. The van der Waals surface area contributed by atoms with E-state index < -0.39 is 0 Å². The fraction of sp³-hybridized carbons (Fsp3) is 0.867. The molecule has 0 saturated carbocycles. The summed E-state index contributed by atoms with van der Waals surface area (Å²) in [6, 6.07) is 0. The lowest BCUT2D eigenvalue weighted by molar-refractivity contribution is -0.148. The van der Waals surface area contributed by atoms with Gasteiger partial charge >= 0.3 is 0 Å². The molecule has 0 aliphatic carbocycles. The molecule has 126 valence electrons. The molecule has 6 nitrogen and oxygen atoms in total. The van der Waals surface area contributed by atoms with E-state index in [0.29, 0.717) is 38.7 Å². The van der Waals surface area contributed by atoms with Crippen molar-refractivity contribution in [2.24, 2.45) is 11.8 Å². The molecule has 0 aromatic heterocycles. The van der Waals surface area contributed by atoms with Gasteiger partial charge in [0.05, 0.1) is 0 Å². The van der Waals surface area contributed by atoms with Gasteiger partial charge in [-0.15, -0.1) is 12.4 Å². The number of hydrogen-bond donors (Lipinski definition) is 1. The zero-order valence-electron chi connectivity index (χ0n) is 13.1. The Morgan fingerprint density at radius 1 is 1.14 bits per heavy atom. The topological polar surface area (TPSA) is 61.9 Å². The number of amides is 2. The smallest absolute Gasteiger partial charge is 0.251 e. The molecule has 0 radical (unpaired) electrons. The minimum Gasteiger partial charge on any atom is -0.368 e. The number of hydrogen-bond acceptors (Lipinski definition) is 4. The van der Waals surface area contributed by atoms with Crippen molar-refractivity contribution in [3.63, 3.8) is 0 Å². The van der Waals surface area contributed by atoms with E-state index >= 15 is 0 Å². The van der Waals surface area contributed by atoms with Crippen LogP contribution >= 0.6 is 12.4 Å². The Balaban J connectivity index is 0.00000176. The van der Waals surface area contributed by atoms with Gasteiger partial charge in [0, 0.05) is 38.7 Å². The minimum absolute atomic E-state index is 0. The molecule has 0 bridgehead atoms. The molecule has 7 heteroatoms. The van der Waals surface area contributed by atoms with Gasteiger partial charge in [-0.25, -0.2) is 0 Å². The molecule has 22 heavy (non-hydrogen) atoms. The lowest BCUT2D eigenvalue weighted by Gasteiger charge is -2.39. The van der Waals surface area contributed by atoms with Crippen molar-refractivity contribution in [3.8, 4) is 0 Å². The second kappa shape index (κ2) is 7.62. The first-order valence-corrected chi connectivity index (χ1v) is 8.06. The van der Waals surface area contributed by atoms with Crippen LogP contribution in [-0.4, -0.2) is 73.6 Å². The van der Waals surface area contributed by atoms with Crippen molar-refractivity contribution >= 4 is 24.2 Å². The maximum atomic E-state index is 12.4. The van der Waals surface area contributed by atoms with Gasteiger partial charge in [-0.3, -0.25) is 9.59 Å². The SMILES string of the molecule is CC(C(=O)N1CCN(C(=O)C2CCCO2)CC1)C1CNC1.Cl. The fourth-order valence-electron chi connectivity index (χ4n) is 3.28. The number of rotatable bonds is 3. The molecule has 3 rings (SSSR count). The van der Waals surface area contributed by atoms with Crippen LogP contribution in [0.5, 0.6) is 0 Å². The zero-order chi connectivity index (χ0) is 14.8. The molecule has 2 amide bonds. The van der Waals surface area contributed by atoms with Gasteiger partial charge in [-0.1, -0.05) is 6.92 Å². The molecule has 3 aliphatic heterocycles. The van der Waals surface area contributed by atoms with Crippen LogP contribution in [0.3, 0.4) is 0 Å². The first-order chi connectivity index (χ1) is 10.2. The number of halogens is 1. The second-order valence-electron chi connectivity index (χ2n) is 6.36. The molecule has 3 saturated heterocycles. The molecule has 2 atom stereocenters. The number of nitrogens with zero attached hydrogens (tertiary/aromatic N) is 2. The number of ether oxygens (including phenoxy) is 1. The third-order valence-electron chi connectivity index (χ3n) is 5.02. The van der Waals surface area contributed by atoms with Crippen LogP contribution in [0.4, 0.5) is 0 Å². The monoisotopic (exact) mass is 331 g/mol. The zero-order valence-corrected chi connectivity index (χ0v) is 13.9. The summed E-state index contributed by atoms with van der Waals surface area (Å²) in [5, 5.41) is 3.22. The first-order valence-electron chi connectivity index (χ1n) is 8.06. The number of carbonyl (C=O) groups is 2. The van der Waals surface area contributed by atoms with Crippen molar-refractivity contribution in [3.05, 3.63) is 0 Å². The van der Waals surface area contributed by atoms with E-state index in [2.05, 4.69) is 5.32 Å². The van der Waals surface area contributed by atoms with Gasteiger partial charge in [0.15, 0.2) is 0 Å². The Labute approximate surface area is 137 Å². The maximum Gasteiger partial charge on any atom is 0.251 e. The highest BCUT2D eigenvalue weighted by Crippen LogP contribution is 2.20. The van der Waals surface area contributed by atoms with Crippen molar-refractivity contribution in [2.75, 3.05) is 45.9 Å². The Morgan fingerprint density at radius 2 is 1.77 bits per heavy atom. The molecule has 3 heterocycles. The summed E-state index contributed by atoms with van der Waals surface area (Å²) >= 11 is 0. The highest BCUT2D eigenvalue weighted by molar-refractivity contribution is 5.85. The molecule has 2 unspecified atom stereocenters. The van der Waals surface area contributed by atoms with Crippen molar-refractivity contribution in [1.29, 1.82) is 0 Å². The lowest BCUT2D eigenvalue weighted by Crippen LogP contribution is -2.56. The normalized spacial score (nSPS) is 27.0. The van der Waals surface area contributed by atoms with Crippen LogP contribution in [0.1, 0.15) is 19.8 Å². The molecule has 1 N–H and O–H groups in total. The molecule has 0 spiro atoms. The lowest BCUT2D eigenvalue weighted by atomic mass is 9.88. The first kappa shape index (κ1) is 17.5. The minimum atomic E-state index is -0.243. The second-order valence-corrected chi connectivity index (χ2v) is 6.36. The largest absolute Gasteiger partial charge is 0.368 e. The molecule has 3 fully saturated rings. The molecule has 0 aromatic carbocycles. The van der Waals surface area contributed by atoms with Gasteiger partial charge < -0.3 is 19.9 Å². The van der Waals surface area contributed by atoms with Crippen LogP contribution in [0, 0.1) is 11.8 Å². The quantitative estimate of drug-likeness (QED) is 0.797. The Bertz CT molecular complexity index is 403. The number of nitrogens with one attached hydrogen (secondary N) is 1. The van der Waals surface area contributed by atoms with Gasteiger partial charge in [-0.05, 0) is 31.8 Å². The molecule has 0 aromatic rings. The maximum absolute atomic E-state index is 12.4. The van der Waals surface area contributed by atoms with Crippen molar-refractivity contribution < 1.29 is 14.3 Å². The van der Waals surface area contributed by atoms with Crippen molar-refractivity contribution in [2.45, 2.75) is 25.9 Å². The summed E-state index contributed by atoms with van der Waals surface area (Å²) in [6.07, 6.45) is 1.57. The molecular weight excluding hydrogens is 306 g/mol. The summed E-state index contributed by atoms with van der Waals surface area (Å²) in [6.45, 7) is 7.21. The van der Waals surface area contributed by atoms with Crippen LogP contribution in [0.2, 0.25) is 0 Å². The van der Waals surface area contributed by atoms with Crippen LogP contribution in [0.15, 0.2) is 0 Å². The summed E-state index contributed by atoms with van der Waals surface area (Å²) in [5.41, 5.74) is 0. The standard InChI is InChI=1S/C15H25N3O3.ClH/c1-11(12-9-16-10-12)14(19)17-4-6-18(7-5-17)15(20)13-3-2-8-21-13;/h11-13,16H,2-10H2,1H3;1H. The predicted octanol–water partition coefficient (Wildman–Crippen LogP) is 0.114. The summed E-state index contributed by atoms with van der Waals surface area (Å²) in [4.78, 5) is 28.5. The van der Waals surface area contributed by atoms with Crippen LogP contribution in [-0.2, 0) is 14.3 Å². The highest BCUT2D eigenvalue weighted by Gasteiger charge is 2.35. The van der Waals surface area contributed by atoms with Gasteiger partial charge in [0.25, 0.3) is 5.91 Å². The highest BCUT2D eigenvalue weighted by atomic mass is 35.5. The van der Waals surface area contributed by atoms with E-state index in [4.69, 9.17) is 4.74 Å². The van der Waals surface area contributed by atoms with Gasteiger partial charge in [0.1, 0.15) is 6.10 Å². The third kappa shape index (κ3) is 3.55. The Morgan fingerprint density at radius 3 is 2.27 bits per heavy atom. The number of piperazine rings is 1. The van der Waals surface area contributed by atoms with E-state index in [9.17, 15) is 9.59 Å². The van der Waals surface area contributed by atoms with E-state index in [1.807, 2.05) is 16.7 Å². The molecule has 3 aliphatic rings. The van der Waals surface area contributed by atoms with Crippen LogP contribution < -0.4 is 5.32 Å². The van der Waals surface area contributed by atoms with Crippen LogP contribution in [0.25, 0.3) is 0 Å². The summed E-state index contributed by atoms with van der Waals surface area (Å²) in [5.74, 6) is 0.914. The van der Waals surface area contributed by atoms with E-state index in [1.54, 1.807) is 0 Å². The number of carbonyl (C=O) groups excluding carboxylic acids is 2. The van der Waals surface area contributed by atoms with E-state index in [0.717, 1.165) is 25.9 Å². The Hall–Kier alpha value is -0.850. The Kier molecular flexibility index (Phi) is 6.06.